The van der Waals surface area contributed by atoms with Gasteiger partial charge in [0.15, 0.2) is 0 Å². The van der Waals surface area contributed by atoms with Gasteiger partial charge >= 0.3 is 0 Å². The lowest BCUT2D eigenvalue weighted by atomic mass is 10.1. The van der Waals surface area contributed by atoms with E-state index in [1.165, 1.54) is 12.1 Å². The van der Waals surface area contributed by atoms with Gasteiger partial charge in [0.1, 0.15) is 23.2 Å². The molecule has 25 heavy (non-hydrogen) atoms. The number of aliphatic hydroxyl groups excluding tert-OH is 1. The first-order valence-corrected chi connectivity index (χ1v) is 8.07. The molecule has 2 aromatic carbocycles. The Morgan fingerprint density at radius 2 is 1.92 bits per heavy atom. The van der Waals surface area contributed by atoms with Crippen LogP contribution >= 0.6 is 0 Å². The molecule has 1 aliphatic rings. The first-order chi connectivity index (χ1) is 12.1. The van der Waals surface area contributed by atoms with E-state index < -0.39 is 0 Å². The van der Waals surface area contributed by atoms with Gasteiger partial charge in [-0.25, -0.2) is 9.37 Å². The predicted molar refractivity (Wildman–Crippen MR) is 95.0 cm³/mol. The minimum Gasteiger partial charge on any atom is -0.510 e. The van der Waals surface area contributed by atoms with E-state index in [-0.39, 0.29) is 24.0 Å². The van der Waals surface area contributed by atoms with E-state index >= 15 is 0 Å². The van der Waals surface area contributed by atoms with E-state index in [1.807, 2.05) is 24.3 Å². The largest absolute Gasteiger partial charge is 0.510 e. The van der Waals surface area contributed by atoms with Gasteiger partial charge in [-0.3, -0.25) is 5.41 Å². The van der Waals surface area contributed by atoms with Gasteiger partial charge in [-0.15, -0.1) is 0 Å². The molecule has 1 aliphatic heterocycles. The molecule has 0 unspecified atom stereocenters. The molecule has 0 spiro atoms. The van der Waals surface area contributed by atoms with Crippen LogP contribution < -0.4 is 0 Å². The van der Waals surface area contributed by atoms with E-state index in [9.17, 15) is 9.50 Å². The van der Waals surface area contributed by atoms with Crippen molar-refractivity contribution in [3.63, 3.8) is 0 Å². The van der Waals surface area contributed by atoms with Gasteiger partial charge in [0, 0.05) is 6.54 Å². The summed E-state index contributed by atoms with van der Waals surface area (Å²) in [6, 6.07) is 13.9. The Balaban J connectivity index is 1.51. The van der Waals surface area contributed by atoms with Crippen molar-refractivity contribution in [3.8, 4) is 0 Å². The number of aromatic amines is 1. The molecular weight excluding hydrogens is 319 g/mol. The third-order valence-electron chi connectivity index (χ3n) is 4.39. The SMILES string of the molecule is N=C1C(c2nc3ccccc3[nH]2)=C(O)CN1CCc1ccc(F)cc1. The highest BCUT2D eigenvalue weighted by atomic mass is 19.1. The lowest BCUT2D eigenvalue weighted by Crippen LogP contribution is -2.29. The zero-order valence-corrected chi connectivity index (χ0v) is 13.5. The van der Waals surface area contributed by atoms with Crippen LogP contribution in [0, 0.1) is 11.2 Å². The predicted octanol–water partition coefficient (Wildman–Crippen LogP) is 3.51. The van der Waals surface area contributed by atoms with Crippen LogP contribution in [0.1, 0.15) is 11.4 Å². The van der Waals surface area contributed by atoms with Crippen molar-refractivity contribution in [2.45, 2.75) is 6.42 Å². The fourth-order valence-electron chi connectivity index (χ4n) is 3.06. The number of hydrogen-bond acceptors (Lipinski definition) is 3. The van der Waals surface area contributed by atoms with Gasteiger partial charge in [-0.05, 0) is 36.2 Å². The number of aliphatic hydroxyl groups is 1. The number of imidazole rings is 1. The van der Waals surface area contributed by atoms with Crippen molar-refractivity contribution >= 4 is 22.4 Å². The number of halogens is 1. The second kappa shape index (κ2) is 6.05. The van der Waals surface area contributed by atoms with E-state index in [4.69, 9.17) is 5.41 Å². The van der Waals surface area contributed by atoms with Crippen LogP contribution in [-0.4, -0.2) is 38.9 Å². The lowest BCUT2D eigenvalue weighted by molar-refractivity contribution is 0.351. The second-order valence-corrected chi connectivity index (χ2v) is 6.07. The van der Waals surface area contributed by atoms with Gasteiger partial charge in [0.25, 0.3) is 0 Å². The maximum absolute atomic E-state index is 13.0. The summed E-state index contributed by atoms with van der Waals surface area (Å²) in [6.45, 7) is 0.852. The number of nitrogens with one attached hydrogen (secondary N) is 2. The number of rotatable bonds is 4. The molecule has 6 heteroatoms. The Hall–Kier alpha value is -3.15. The van der Waals surface area contributed by atoms with Crippen LogP contribution in [0.15, 0.2) is 54.3 Å². The number of para-hydroxylation sites is 2. The van der Waals surface area contributed by atoms with Crippen molar-refractivity contribution in [1.82, 2.24) is 14.9 Å². The minimum absolute atomic E-state index is 0.142. The molecule has 0 radical (unpaired) electrons. The first kappa shape index (κ1) is 15.4. The monoisotopic (exact) mass is 336 g/mol. The average Bonchev–Trinajstić information content (AvgIpc) is 3.14. The summed E-state index contributed by atoms with van der Waals surface area (Å²) in [5.41, 5.74) is 3.10. The quantitative estimate of drug-likeness (QED) is 0.682. The summed E-state index contributed by atoms with van der Waals surface area (Å²) >= 11 is 0. The first-order valence-electron chi connectivity index (χ1n) is 8.07. The molecule has 4 rings (SSSR count). The standard InChI is InChI=1S/C19H17FN4O/c20-13-7-5-12(6-8-13)9-10-24-11-16(25)17(18(24)21)19-22-14-3-1-2-4-15(14)23-19/h1-8,21,25H,9-11H2,(H,22,23). The van der Waals surface area contributed by atoms with Crippen LogP contribution in [0.25, 0.3) is 16.6 Å². The van der Waals surface area contributed by atoms with E-state index in [1.54, 1.807) is 17.0 Å². The van der Waals surface area contributed by atoms with Crippen LogP contribution in [0.5, 0.6) is 0 Å². The molecule has 0 saturated heterocycles. The fraction of sp³-hybridized carbons (Fsp3) is 0.158. The fourth-order valence-corrected chi connectivity index (χ4v) is 3.06. The molecule has 3 aromatic rings. The van der Waals surface area contributed by atoms with Crippen LogP contribution in [0.2, 0.25) is 0 Å². The van der Waals surface area contributed by atoms with E-state index in [0.717, 1.165) is 16.6 Å². The van der Waals surface area contributed by atoms with Crippen LogP contribution in [0.3, 0.4) is 0 Å². The summed E-state index contributed by atoms with van der Waals surface area (Å²) in [4.78, 5) is 9.43. The van der Waals surface area contributed by atoms with Crippen molar-refractivity contribution in [3.05, 3.63) is 71.5 Å². The average molecular weight is 336 g/mol. The number of amidine groups is 1. The number of nitrogens with zero attached hydrogens (tertiary/aromatic N) is 2. The Morgan fingerprint density at radius 3 is 2.68 bits per heavy atom. The Bertz CT molecular complexity index is 942. The van der Waals surface area contributed by atoms with Gasteiger partial charge < -0.3 is 15.0 Å². The highest BCUT2D eigenvalue weighted by molar-refractivity contribution is 6.23. The molecule has 3 N–H and O–H groups in total. The number of hydrogen-bond donors (Lipinski definition) is 3. The van der Waals surface area contributed by atoms with Crippen molar-refractivity contribution in [2.24, 2.45) is 0 Å². The molecule has 2 heterocycles. The Labute approximate surface area is 143 Å². The molecule has 126 valence electrons. The molecule has 0 atom stereocenters. The second-order valence-electron chi connectivity index (χ2n) is 6.07. The molecule has 0 amide bonds. The van der Waals surface area contributed by atoms with Crippen molar-refractivity contribution in [1.29, 1.82) is 5.41 Å². The molecular formula is C19H17FN4O. The smallest absolute Gasteiger partial charge is 0.145 e. The summed E-state index contributed by atoms with van der Waals surface area (Å²) in [7, 11) is 0. The molecule has 0 fully saturated rings. The maximum atomic E-state index is 13.0. The third-order valence-corrected chi connectivity index (χ3v) is 4.39. The highest BCUT2D eigenvalue weighted by Crippen LogP contribution is 2.27. The third kappa shape index (κ3) is 2.87. The van der Waals surface area contributed by atoms with Crippen LogP contribution in [0.4, 0.5) is 4.39 Å². The van der Waals surface area contributed by atoms with Crippen molar-refractivity contribution < 1.29 is 9.50 Å². The molecule has 0 bridgehead atoms. The van der Waals surface area contributed by atoms with Gasteiger partial charge in [-0.1, -0.05) is 24.3 Å². The normalized spacial score (nSPS) is 14.8. The summed E-state index contributed by atoms with van der Waals surface area (Å²) in [5, 5.41) is 18.7. The lowest BCUT2D eigenvalue weighted by Gasteiger charge is -2.18. The van der Waals surface area contributed by atoms with E-state index in [0.29, 0.717) is 24.4 Å². The van der Waals surface area contributed by atoms with Crippen molar-refractivity contribution in [2.75, 3.05) is 13.1 Å². The number of H-pyrrole nitrogens is 1. The Kier molecular flexibility index (Phi) is 3.72. The molecule has 0 saturated carbocycles. The topological polar surface area (TPSA) is 76.0 Å². The maximum Gasteiger partial charge on any atom is 0.145 e. The molecule has 1 aromatic heterocycles. The van der Waals surface area contributed by atoms with Gasteiger partial charge in [0.2, 0.25) is 0 Å². The summed E-state index contributed by atoms with van der Waals surface area (Å²) in [5.74, 6) is 0.638. The highest BCUT2D eigenvalue weighted by Gasteiger charge is 2.29. The molecule has 0 aliphatic carbocycles. The van der Waals surface area contributed by atoms with Gasteiger partial charge in [0.05, 0.1) is 23.2 Å². The number of fused-ring (bicyclic) bond motifs is 1. The van der Waals surface area contributed by atoms with E-state index in [2.05, 4.69) is 9.97 Å². The summed E-state index contributed by atoms with van der Waals surface area (Å²) in [6.07, 6.45) is 0.670. The zero-order chi connectivity index (χ0) is 17.4. The number of benzene rings is 2. The Morgan fingerprint density at radius 1 is 1.16 bits per heavy atom. The molecule has 5 nitrogen and oxygen atoms in total. The number of aromatic nitrogens is 2. The summed E-state index contributed by atoms with van der Waals surface area (Å²) < 4.78 is 13.0. The zero-order valence-electron chi connectivity index (χ0n) is 13.5. The van der Waals surface area contributed by atoms with Crippen LogP contribution in [-0.2, 0) is 6.42 Å². The van der Waals surface area contributed by atoms with Gasteiger partial charge in [-0.2, -0.15) is 0 Å². The minimum atomic E-state index is -0.260.